The van der Waals surface area contributed by atoms with Gasteiger partial charge in [0.2, 0.25) is 0 Å². The van der Waals surface area contributed by atoms with E-state index in [9.17, 15) is 0 Å². The molecule has 4 heteroatoms. The molecule has 0 amide bonds. The van der Waals surface area contributed by atoms with Gasteiger partial charge >= 0.3 is 7.12 Å². The van der Waals surface area contributed by atoms with E-state index in [4.69, 9.17) is 10.0 Å². The third kappa shape index (κ3) is 2.07. The van der Waals surface area contributed by atoms with E-state index >= 15 is 0 Å². The largest absolute Gasteiger partial charge is 0.488 e. The van der Waals surface area contributed by atoms with E-state index in [0.717, 1.165) is 10.8 Å². The average molecular weight is 208 g/mol. The minimum atomic E-state index is -1.38. The summed E-state index contributed by atoms with van der Waals surface area (Å²) in [6, 6.07) is 13.2. The number of hydrogen-bond donors (Lipinski definition) is 2. The van der Waals surface area contributed by atoms with Gasteiger partial charge in [0.25, 0.3) is 0 Å². The maximum Gasteiger partial charge on any atom is 0.488 e. The molecule has 0 heterocycles. The lowest BCUT2D eigenvalue weighted by atomic mass is 9.79. The lowest BCUT2D eigenvalue weighted by Crippen LogP contribution is -2.29. The van der Waals surface area contributed by atoms with Crippen LogP contribution in [-0.2, 0) is 0 Å². The molecule has 72 valence electrons. The van der Waals surface area contributed by atoms with Crippen molar-refractivity contribution in [2.75, 3.05) is 0 Å². The Morgan fingerprint density at radius 2 is 1.50 bits per heavy atom. The molecule has 2 aromatic rings. The Kier molecular flexibility index (Phi) is 3.52. The molecule has 0 aromatic heterocycles. The molecule has 0 saturated heterocycles. The van der Waals surface area contributed by atoms with Gasteiger partial charge in [-0.2, -0.15) is 0 Å². The SMILES string of the molecule is Cl.OB(O)c1ccc2ccccc2c1. The standard InChI is InChI=1S/C10H9BO2.ClH/c12-11(13)10-6-5-8-3-1-2-4-9(8)7-10;/h1-7,12-13H;1H. The van der Waals surface area contributed by atoms with Crippen LogP contribution in [0.3, 0.4) is 0 Å². The van der Waals surface area contributed by atoms with E-state index in [2.05, 4.69) is 0 Å². The predicted octanol–water partition coefficient (Wildman–Crippen LogP) is 0.941. The van der Waals surface area contributed by atoms with E-state index < -0.39 is 7.12 Å². The Morgan fingerprint density at radius 1 is 0.857 bits per heavy atom. The van der Waals surface area contributed by atoms with Crippen molar-refractivity contribution in [3.8, 4) is 0 Å². The Bertz CT molecular complexity index is 431. The second-order valence-corrected chi connectivity index (χ2v) is 2.98. The van der Waals surface area contributed by atoms with E-state index in [-0.39, 0.29) is 12.4 Å². The van der Waals surface area contributed by atoms with Crippen LogP contribution in [0.4, 0.5) is 0 Å². The quantitative estimate of drug-likeness (QED) is 0.685. The molecule has 0 spiro atoms. The van der Waals surface area contributed by atoms with Crippen LogP contribution in [0.2, 0.25) is 0 Å². The van der Waals surface area contributed by atoms with Crippen molar-refractivity contribution in [3.05, 3.63) is 42.5 Å². The minimum Gasteiger partial charge on any atom is -0.423 e. The first kappa shape index (κ1) is 11.1. The monoisotopic (exact) mass is 208 g/mol. The Labute approximate surface area is 88.7 Å². The van der Waals surface area contributed by atoms with Crippen molar-refractivity contribution < 1.29 is 10.0 Å². The molecule has 0 aliphatic heterocycles. The van der Waals surface area contributed by atoms with Gasteiger partial charge in [-0.15, -0.1) is 12.4 Å². The van der Waals surface area contributed by atoms with Crippen molar-refractivity contribution in [2.45, 2.75) is 0 Å². The smallest absolute Gasteiger partial charge is 0.423 e. The Morgan fingerprint density at radius 3 is 2.14 bits per heavy atom. The summed E-state index contributed by atoms with van der Waals surface area (Å²) in [4.78, 5) is 0. The first-order valence-electron chi connectivity index (χ1n) is 4.12. The summed E-state index contributed by atoms with van der Waals surface area (Å²) in [6.07, 6.45) is 0. The Balaban J connectivity index is 0.000000980. The molecule has 0 unspecified atom stereocenters. The molecular weight excluding hydrogens is 198 g/mol. The van der Waals surface area contributed by atoms with Crippen molar-refractivity contribution in [2.24, 2.45) is 0 Å². The zero-order chi connectivity index (χ0) is 9.26. The van der Waals surface area contributed by atoms with Crippen LogP contribution < -0.4 is 5.46 Å². The topological polar surface area (TPSA) is 40.5 Å². The van der Waals surface area contributed by atoms with Crippen molar-refractivity contribution in [1.29, 1.82) is 0 Å². The summed E-state index contributed by atoms with van der Waals surface area (Å²) in [5.74, 6) is 0. The second kappa shape index (κ2) is 4.46. The van der Waals surface area contributed by atoms with Crippen molar-refractivity contribution in [1.82, 2.24) is 0 Å². The molecule has 0 aliphatic carbocycles. The fraction of sp³-hybridized carbons (Fsp3) is 0. The number of hydrogen-bond acceptors (Lipinski definition) is 2. The molecular formula is C10H10BClO2. The third-order valence-corrected chi connectivity index (χ3v) is 2.07. The highest BCUT2D eigenvalue weighted by molar-refractivity contribution is 6.58. The molecule has 2 N–H and O–H groups in total. The van der Waals surface area contributed by atoms with Gasteiger partial charge in [-0.25, -0.2) is 0 Å². The average Bonchev–Trinajstić information content (AvgIpc) is 2.17. The van der Waals surface area contributed by atoms with Gasteiger partial charge in [0.05, 0.1) is 0 Å². The summed E-state index contributed by atoms with van der Waals surface area (Å²) in [7, 11) is -1.38. The molecule has 2 nitrogen and oxygen atoms in total. The number of fused-ring (bicyclic) bond motifs is 1. The maximum absolute atomic E-state index is 8.94. The Hall–Kier alpha value is -1.03. The van der Waals surface area contributed by atoms with Gasteiger partial charge in [-0.05, 0) is 16.2 Å². The summed E-state index contributed by atoms with van der Waals surface area (Å²) in [5, 5.41) is 20.0. The molecule has 2 aromatic carbocycles. The van der Waals surface area contributed by atoms with Crippen LogP contribution in [0, 0.1) is 0 Å². The number of benzene rings is 2. The molecule has 14 heavy (non-hydrogen) atoms. The van der Waals surface area contributed by atoms with Gasteiger partial charge < -0.3 is 10.0 Å². The summed E-state index contributed by atoms with van der Waals surface area (Å²) in [6.45, 7) is 0. The second-order valence-electron chi connectivity index (χ2n) is 2.98. The lowest BCUT2D eigenvalue weighted by molar-refractivity contribution is 0.426. The fourth-order valence-corrected chi connectivity index (χ4v) is 1.37. The fourth-order valence-electron chi connectivity index (χ4n) is 1.37. The van der Waals surface area contributed by atoms with Crippen LogP contribution >= 0.6 is 12.4 Å². The molecule has 0 saturated carbocycles. The van der Waals surface area contributed by atoms with E-state index in [0.29, 0.717) is 5.46 Å². The lowest BCUT2D eigenvalue weighted by Gasteiger charge is -2.01. The minimum absolute atomic E-state index is 0. The van der Waals surface area contributed by atoms with Gasteiger partial charge in [0.1, 0.15) is 0 Å². The number of rotatable bonds is 1. The first-order chi connectivity index (χ1) is 6.27. The van der Waals surface area contributed by atoms with Gasteiger partial charge in [0, 0.05) is 0 Å². The summed E-state index contributed by atoms with van der Waals surface area (Å²) >= 11 is 0. The molecule has 0 bridgehead atoms. The van der Waals surface area contributed by atoms with E-state index in [1.54, 1.807) is 12.1 Å². The highest BCUT2D eigenvalue weighted by atomic mass is 35.5. The molecule has 0 radical (unpaired) electrons. The predicted molar refractivity (Wildman–Crippen MR) is 61.0 cm³/mol. The van der Waals surface area contributed by atoms with E-state index in [1.165, 1.54) is 0 Å². The van der Waals surface area contributed by atoms with Crippen molar-refractivity contribution >= 4 is 35.8 Å². The van der Waals surface area contributed by atoms with Gasteiger partial charge in [-0.3, -0.25) is 0 Å². The van der Waals surface area contributed by atoms with Crippen LogP contribution in [0.15, 0.2) is 42.5 Å². The van der Waals surface area contributed by atoms with Crippen LogP contribution in [0.1, 0.15) is 0 Å². The highest BCUT2D eigenvalue weighted by Crippen LogP contribution is 2.10. The molecule has 2 rings (SSSR count). The normalized spacial score (nSPS) is 9.57. The molecule has 0 aliphatic rings. The van der Waals surface area contributed by atoms with Crippen molar-refractivity contribution in [3.63, 3.8) is 0 Å². The molecule has 0 fully saturated rings. The summed E-state index contributed by atoms with van der Waals surface area (Å²) < 4.78 is 0. The zero-order valence-corrected chi connectivity index (χ0v) is 8.24. The highest BCUT2D eigenvalue weighted by Gasteiger charge is 2.09. The number of halogens is 1. The van der Waals surface area contributed by atoms with Crippen LogP contribution in [0.5, 0.6) is 0 Å². The van der Waals surface area contributed by atoms with Gasteiger partial charge in [-0.1, -0.05) is 42.5 Å². The zero-order valence-electron chi connectivity index (χ0n) is 7.42. The van der Waals surface area contributed by atoms with Crippen LogP contribution in [-0.4, -0.2) is 17.2 Å². The first-order valence-corrected chi connectivity index (χ1v) is 4.12. The van der Waals surface area contributed by atoms with Crippen LogP contribution in [0.25, 0.3) is 10.8 Å². The maximum atomic E-state index is 8.94. The molecule has 0 atom stereocenters. The third-order valence-electron chi connectivity index (χ3n) is 2.07. The summed E-state index contributed by atoms with van der Waals surface area (Å²) in [5.41, 5.74) is 0.527. The van der Waals surface area contributed by atoms with Gasteiger partial charge in [0.15, 0.2) is 0 Å². The van der Waals surface area contributed by atoms with E-state index in [1.807, 2.05) is 30.3 Å².